The molecule has 0 fully saturated rings. The SMILES string of the molecule is CCCCCN(CCc1ccc(Cl)c(Cl)c1)C[C@H](O)COc1ccc(NS(C)(=O)=O)cc1. The van der Waals surface area contributed by atoms with Crippen LogP contribution >= 0.6 is 23.2 Å². The molecule has 0 spiro atoms. The Labute approximate surface area is 201 Å². The molecule has 0 saturated heterocycles. The molecule has 0 bridgehead atoms. The van der Waals surface area contributed by atoms with E-state index in [9.17, 15) is 13.5 Å². The summed E-state index contributed by atoms with van der Waals surface area (Å²) in [6.07, 6.45) is 4.60. The number of hydrogen-bond acceptors (Lipinski definition) is 5. The van der Waals surface area contributed by atoms with Crippen molar-refractivity contribution in [1.29, 1.82) is 0 Å². The highest BCUT2D eigenvalue weighted by Crippen LogP contribution is 2.23. The molecule has 2 N–H and O–H groups in total. The normalized spacial score (nSPS) is 12.7. The van der Waals surface area contributed by atoms with Crippen molar-refractivity contribution >= 4 is 38.9 Å². The number of nitrogens with one attached hydrogen (secondary N) is 1. The summed E-state index contributed by atoms with van der Waals surface area (Å²) in [5.74, 6) is 0.566. The van der Waals surface area contributed by atoms with Gasteiger partial charge in [0.25, 0.3) is 0 Å². The Kier molecular flexibility index (Phi) is 11.1. The molecule has 2 aromatic rings. The molecule has 0 unspecified atom stereocenters. The Morgan fingerprint density at radius 3 is 2.41 bits per heavy atom. The molecular weight excluding hydrogens is 471 g/mol. The van der Waals surface area contributed by atoms with Crippen LogP contribution in [0.15, 0.2) is 42.5 Å². The van der Waals surface area contributed by atoms with E-state index >= 15 is 0 Å². The van der Waals surface area contributed by atoms with Crippen molar-refractivity contribution in [3.8, 4) is 5.75 Å². The zero-order chi connectivity index (χ0) is 23.6. The largest absolute Gasteiger partial charge is 0.491 e. The van der Waals surface area contributed by atoms with Crippen LogP contribution in [0.1, 0.15) is 31.7 Å². The summed E-state index contributed by atoms with van der Waals surface area (Å²) in [6, 6.07) is 12.2. The molecule has 0 aliphatic carbocycles. The smallest absolute Gasteiger partial charge is 0.229 e. The van der Waals surface area contributed by atoms with Crippen LogP contribution in [0.4, 0.5) is 5.69 Å². The van der Waals surface area contributed by atoms with Crippen molar-refractivity contribution in [3.05, 3.63) is 58.1 Å². The Hall–Kier alpha value is -1.51. The average Bonchev–Trinajstić information content (AvgIpc) is 2.73. The summed E-state index contributed by atoms with van der Waals surface area (Å²) in [7, 11) is -3.32. The van der Waals surface area contributed by atoms with Crippen LogP contribution in [0.3, 0.4) is 0 Å². The van der Waals surface area contributed by atoms with Crippen molar-refractivity contribution < 1.29 is 18.3 Å². The fraction of sp³-hybridized carbons (Fsp3) is 0.478. The standard InChI is InChI=1S/C23H32Cl2N2O4S/c1-3-4-5-13-27(14-12-18-6-11-22(24)23(25)15-18)16-20(28)17-31-21-9-7-19(8-10-21)26-32(2,29)30/h6-11,15,20,26,28H,3-5,12-14,16-17H2,1-2H3/t20-/m0/s1. The van der Waals surface area contributed by atoms with Gasteiger partial charge in [0.1, 0.15) is 18.5 Å². The second-order valence-electron chi connectivity index (χ2n) is 7.87. The molecule has 2 aromatic carbocycles. The topological polar surface area (TPSA) is 78.9 Å². The van der Waals surface area contributed by atoms with E-state index in [-0.39, 0.29) is 6.61 Å². The van der Waals surface area contributed by atoms with Gasteiger partial charge in [-0.25, -0.2) is 8.42 Å². The summed E-state index contributed by atoms with van der Waals surface area (Å²) >= 11 is 12.1. The minimum Gasteiger partial charge on any atom is -0.491 e. The van der Waals surface area contributed by atoms with Gasteiger partial charge in [-0.1, -0.05) is 49.0 Å². The van der Waals surface area contributed by atoms with Crippen molar-refractivity contribution in [2.24, 2.45) is 0 Å². The first kappa shape index (κ1) is 26.7. The van der Waals surface area contributed by atoms with Gasteiger partial charge >= 0.3 is 0 Å². The van der Waals surface area contributed by atoms with Crippen LogP contribution in [0.2, 0.25) is 10.0 Å². The molecule has 0 radical (unpaired) electrons. The fourth-order valence-corrected chi connectivity index (χ4v) is 4.12. The lowest BCUT2D eigenvalue weighted by Gasteiger charge is -2.25. The Balaban J connectivity index is 1.86. The number of rotatable bonds is 14. The van der Waals surface area contributed by atoms with Gasteiger partial charge in [-0.15, -0.1) is 0 Å². The highest BCUT2D eigenvalue weighted by atomic mass is 35.5. The Bertz CT molecular complexity index is 940. The van der Waals surface area contributed by atoms with Crippen LogP contribution in [0.25, 0.3) is 0 Å². The molecule has 9 heteroatoms. The molecule has 32 heavy (non-hydrogen) atoms. The molecule has 2 rings (SSSR count). The minimum absolute atomic E-state index is 0.149. The minimum atomic E-state index is -3.32. The Morgan fingerprint density at radius 2 is 1.78 bits per heavy atom. The maximum absolute atomic E-state index is 11.3. The number of nitrogens with zero attached hydrogens (tertiary/aromatic N) is 1. The Morgan fingerprint density at radius 1 is 1.06 bits per heavy atom. The lowest BCUT2D eigenvalue weighted by Crippen LogP contribution is -2.37. The molecule has 0 saturated carbocycles. The fourth-order valence-electron chi connectivity index (χ4n) is 3.24. The predicted octanol–water partition coefficient (Wildman–Crippen LogP) is 4.84. The maximum Gasteiger partial charge on any atom is 0.229 e. The first-order valence-electron chi connectivity index (χ1n) is 10.7. The number of benzene rings is 2. The third-order valence-corrected chi connectivity index (χ3v) is 6.19. The summed E-state index contributed by atoms with van der Waals surface area (Å²) in [4.78, 5) is 2.24. The van der Waals surface area contributed by atoms with Crippen molar-refractivity contribution in [2.45, 2.75) is 38.7 Å². The van der Waals surface area contributed by atoms with Gasteiger partial charge in [-0.05, 0) is 61.3 Å². The number of ether oxygens (including phenoxy) is 1. The summed E-state index contributed by atoms with van der Waals surface area (Å²) in [6.45, 7) is 4.51. The average molecular weight is 503 g/mol. The van der Waals surface area contributed by atoms with Gasteiger partial charge in [0.15, 0.2) is 0 Å². The number of unbranched alkanes of at least 4 members (excludes halogenated alkanes) is 2. The van der Waals surface area contributed by atoms with Crippen LogP contribution in [0, 0.1) is 0 Å². The summed E-state index contributed by atoms with van der Waals surface area (Å²) < 4.78 is 30.6. The maximum atomic E-state index is 11.3. The number of hydrogen-bond donors (Lipinski definition) is 2. The predicted molar refractivity (Wildman–Crippen MR) is 133 cm³/mol. The molecule has 1 atom stereocenters. The summed E-state index contributed by atoms with van der Waals surface area (Å²) in [5, 5.41) is 11.6. The van der Waals surface area contributed by atoms with E-state index in [4.69, 9.17) is 27.9 Å². The van der Waals surface area contributed by atoms with Crippen LogP contribution in [-0.2, 0) is 16.4 Å². The lowest BCUT2D eigenvalue weighted by molar-refractivity contribution is 0.0679. The summed E-state index contributed by atoms with van der Waals surface area (Å²) in [5.41, 5.74) is 1.57. The van der Waals surface area contributed by atoms with Gasteiger partial charge in [0, 0.05) is 18.8 Å². The lowest BCUT2D eigenvalue weighted by atomic mass is 10.1. The van der Waals surface area contributed by atoms with Crippen molar-refractivity contribution in [2.75, 3.05) is 37.2 Å². The molecule has 0 aromatic heterocycles. The van der Waals surface area contributed by atoms with E-state index in [2.05, 4.69) is 16.5 Å². The third-order valence-electron chi connectivity index (χ3n) is 4.85. The van der Waals surface area contributed by atoms with Crippen LogP contribution in [-0.4, -0.2) is 57.0 Å². The van der Waals surface area contributed by atoms with E-state index in [1.165, 1.54) is 0 Å². The van der Waals surface area contributed by atoms with Gasteiger partial charge in [0.05, 0.1) is 16.3 Å². The second-order valence-corrected chi connectivity index (χ2v) is 10.4. The third kappa shape index (κ3) is 10.4. The zero-order valence-corrected chi connectivity index (χ0v) is 20.9. The monoisotopic (exact) mass is 502 g/mol. The molecule has 0 heterocycles. The van der Waals surface area contributed by atoms with Crippen LogP contribution < -0.4 is 9.46 Å². The molecule has 0 amide bonds. The molecule has 178 valence electrons. The number of anilines is 1. The number of aliphatic hydroxyl groups excluding tert-OH is 1. The van der Waals surface area contributed by atoms with E-state index in [0.717, 1.165) is 50.6 Å². The molecule has 6 nitrogen and oxygen atoms in total. The highest BCUT2D eigenvalue weighted by molar-refractivity contribution is 7.92. The first-order chi connectivity index (χ1) is 15.2. The van der Waals surface area contributed by atoms with Crippen molar-refractivity contribution in [3.63, 3.8) is 0 Å². The zero-order valence-electron chi connectivity index (χ0n) is 18.6. The number of aliphatic hydroxyl groups is 1. The molecule has 0 aliphatic rings. The molecular formula is C23H32Cl2N2O4S. The van der Waals surface area contributed by atoms with E-state index in [1.54, 1.807) is 30.3 Å². The van der Waals surface area contributed by atoms with Crippen molar-refractivity contribution in [1.82, 2.24) is 4.90 Å². The highest BCUT2D eigenvalue weighted by Gasteiger charge is 2.13. The van der Waals surface area contributed by atoms with Gasteiger partial charge in [-0.2, -0.15) is 0 Å². The van der Waals surface area contributed by atoms with Crippen LogP contribution in [0.5, 0.6) is 5.75 Å². The van der Waals surface area contributed by atoms with E-state index in [1.807, 2.05) is 12.1 Å². The van der Waals surface area contributed by atoms with Gasteiger partial charge in [-0.3, -0.25) is 4.72 Å². The second kappa shape index (κ2) is 13.3. The van der Waals surface area contributed by atoms with E-state index in [0.29, 0.717) is 28.0 Å². The number of halogens is 2. The quantitative estimate of drug-likeness (QED) is 0.361. The van der Waals surface area contributed by atoms with E-state index < -0.39 is 16.1 Å². The molecule has 0 aliphatic heterocycles. The first-order valence-corrected chi connectivity index (χ1v) is 13.4. The van der Waals surface area contributed by atoms with Gasteiger partial charge < -0.3 is 14.7 Å². The number of sulfonamides is 1. The van der Waals surface area contributed by atoms with Gasteiger partial charge in [0.2, 0.25) is 10.0 Å².